The first kappa shape index (κ1) is 14.7. The van der Waals surface area contributed by atoms with Crippen LogP contribution in [0.2, 0.25) is 0 Å². The van der Waals surface area contributed by atoms with E-state index in [0.29, 0.717) is 4.90 Å². The second-order valence-corrected chi connectivity index (χ2v) is 6.26. The fourth-order valence-electron chi connectivity index (χ4n) is 1.84. The van der Waals surface area contributed by atoms with Gasteiger partial charge < -0.3 is 0 Å². The molecule has 0 atom stereocenters. The van der Waals surface area contributed by atoms with Crippen LogP contribution >= 0.6 is 17.0 Å². The zero-order valence-electron chi connectivity index (χ0n) is 10.6. The average molecular weight is 354 g/mol. The van der Waals surface area contributed by atoms with E-state index in [-0.39, 0.29) is 17.0 Å². The third-order valence-electron chi connectivity index (χ3n) is 2.81. The summed E-state index contributed by atoms with van der Waals surface area (Å²) >= 11 is 0. The van der Waals surface area contributed by atoms with E-state index in [0.717, 1.165) is 16.9 Å². The first-order valence-corrected chi connectivity index (χ1v) is 7.54. The number of aromatic nitrogens is 3. The number of hydrogen-bond donors (Lipinski definition) is 0. The van der Waals surface area contributed by atoms with Crippen LogP contribution in [0.1, 0.15) is 0 Å². The van der Waals surface area contributed by atoms with Crippen molar-refractivity contribution in [1.82, 2.24) is 14.6 Å². The Hall–Kier alpha value is -1.73. The monoisotopic (exact) mass is 353 g/mol. The Morgan fingerprint density at radius 2 is 1.80 bits per heavy atom. The minimum Gasteiger partial charge on any atom is -0.227 e. The maximum absolute atomic E-state index is 11.4. The Kier molecular flexibility index (Phi) is 3.92. The number of imidazole rings is 1. The number of nitrogens with zero attached hydrogens (tertiary/aromatic N) is 3. The second kappa shape index (κ2) is 5.34. The molecule has 0 aliphatic rings. The third kappa shape index (κ3) is 2.73. The van der Waals surface area contributed by atoms with Crippen LogP contribution in [0.25, 0.3) is 16.9 Å². The van der Waals surface area contributed by atoms with Crippen molar-refractivity contribution in [3.8, 4) is 11.3 Å². The predicted octanol–water partition coefficient (Wildman–Crippen LogP) is 2.38. The van der Waals surface area contributed by atoms with Crippen molar-refractivity contribution >= 4 is 32.5 Å². The Bertz CT molecular complexity index is 808. The van der Waals surface area contributed by atoms with Crippen molar-refractivity contribution in [2.45, 2.75) is 4.90 Å². The van der Waals surface area contributed by atoms with Crippen molar-refractivity contribution in [3.05, 3.63) is 48.8 Å². The minimum atomic E-state index is -3.16. The highest BCUT2D eigenvalue weighted by molar-refractivity contribution is 8.93. The van der Waals surface area contributed by atoms with Gasteiger partial charge in [-0.1, -0.05) is 12.1 Å². The smallest absolute Gasteiger partial charge is 0.175 e. The highest BCUT2D eigenvalue weighted by Crippen LogP contribution is 2.20. The number of fused-ring (bicyclic) bond motifs is 1. The summed E-state index contributed by atoms with van der Waals surface area (Å²) in [6.07, 6.45) is 4.69. The van der Waals surface area contributed by atoms with Crippen LogP contribution < -0.4 is 0 Å². The molecule has 2 heterocycles. The molecule has 0 aliphatic heterocycles. The van der Waals surface area contributed by atoms with Crippen LogP contribution in [0.15, 0.2) is 53.7 Å². The van der Waals surface area contributed by atoms with E-state index in [9.17, 15) is 8.42 Å². The van der Waals surface area contributed by atoms with E-state index in [1.165, 1.54) is 6.26 Å². The summed E-state index contributed by atoms with van der Waals surface area (Å²) in [5, 5.41) is 4.14. The lowest BCUT2D eigenvalue weighted by atomic mass is 10.2. The molecular weight excluding hydrogens is 342 g/mol. The number of halogens is 1. The largest absolute Gasteiger partial charge is 0.227 e. The SMILES string of the molecule is Br.CS(=O)(=O)c1ccc(-c2cn3ncccc3n2)cc1. The van der Waals surface area contributed by atoms with Crippen molar-refractivity contribution in [1.29, 1.82) is 0 Å². The quantitative estimate of drug-likeness (QED) is 0.709. The molecule has 5 nitrogen and oxygen atoms in total. The van der Waals surface area contributed by atoms with Gasteiger partial charge in [-0.25, -0.2) is 17.9 Å². The lowest BCUT2D eigenvalue weighted by Gasteiger charge is -1.99. The zero-order valence-corrected chi connectivity index (χ0v) is 13.1. The van der Waals surface area contributed by atoms with E-state index in [1.54, 1.807) is 35.0 Å². The molecule has 1 aromatic carbocycles. The normalized spacial score (nSPS) is 11.2. The van der Waals surface area contributed by atoms with Crippen molar-refractivity contribution < 1.29 is 8.42 Å². The molecule has 20 heavy (non-hydrogen) atoms. The van der Waals surface area contributed by atoms with Gasteiger partial charge in [0.15, 0.2) is 15.5 Å². The predicted molar refractivity (Wildman–Crippen MR) is 81.9 cm³/mol. The molecule has 3 rings (SSSR count). The van der Waals surface area contributed by atoms with Gasteiger partial charge in [-0.15, -0.1) is 17.0 Å². The molecule has 3 aromatic rings. The van der Waals surface area contributed by atoms with Crippen LogP contribution in [0, 0.1) is 0 Å². The fraction of sp³-hybridized carbons (Fsp3) is 0.0769. The number of rotatable bonds is 2. The van der Waals surface area contributed by atoms with Gasteiger partial charge in [0.05, 0.1) is 16.8 Å². The molecule has 104 valence electrons. The summed E-state index contributed by atoms with van der Waals surface area (Å²) in [7, 11) is -3.16. The molecule has 0 bridgehead atoms. The lowest BCUT2D eigenvalue weighted by molar-refractivity contribution is 0.602. The standard InChI is InChI=1S/C13H11N3O2S.BrH/c1-19(17,18)11-6-4-10(5-7-11)12-9-16-13(15-12)3-2-8-14-16;/h2-9H,1H3;1H. The molecule has 0 unspecified atom stereocenters. The molecule has 0 N–H and O–H groups in total. The summed E-state index contributed by atoms with van der Waals surface area (Å²) in [4.78, 5) is 4.73. The lowest BCUT2D eigenvalue weighted by Crippen LogP contribution is -1.96. The molecule has 2 aromatic heterocycles. The number of sulfone groups is 1. The molecule has 0 saturated heterocycles. The molecule has 0 amide bonds. The summed E-state index contributed by atoms with van der Waals surface area (Å²) in [6, 6.07) is 10.3. The first-order valence-electron chi connectivity index (χ1n) is 5.65. The van der Waals surface area contributed by atoms with Gasteiger partial charge in [0.1, 0.15) is 0 Å². The zero-order chi connectivity index (χ0) is 13.5. The van der Waals surface area contributed by atoms with Crippen LogP contribution in [-0.2, 0) is 9.84 Å². The van der Waals surface area contributed by atoms with Crippen LogP contribution in [0.3, 0.4) is 0 Å². The maximum atomic E-state index is 11.4. The minimum absolute atomic E-state index is 0. The van der Waals surface area contributed by atoms with Gasteiger partial charge in [-0.3, -0.25) is 0 Å². The Labute approximate surface area is 127 Å². The van der Waals surface area contributed by atoms with E-state index in [1.807, 2.05) is 18.3 Å². The molecule has 0 spiro atoms. The van der Waals surface area contributed by atoms with Gasteiger partial charge in [0.25, 0.3) is 0 Å². The van der Waals surface area contributed by atoms with Gasteiger partial charge in [-0.05, 0) is 24.3 Å². The summed E-state index contributed by atoms with van der Waals surface area (Å²) in [5.74, 6) is 0. The summed E-state index contributed by atoms with van der Waals surface area (Å²) < 4.78 is 24.5. The van der Waals surface area contributed by atoms with Crippen molar-refractivity contribution in [2.24, 2.45) is 0 Å². The van der Waals surface area contributed by atoms with Crippen molar-refractivity contribution in [2.75, 3.05) is 6.26 Å². The van der Waals surface area contributed by atoms with E-state index >= 15 is 0 Å². The topological polar surface area (TPSA) is 64.3 Å². The highest BCUT2D eigenvalue weighted by atomic mass is 79.9. The molecular formula is C13H12BrN3O2S. The third-order valence-corrected chi connectivity index (χ3v) is 3.94. The van der Waals surface area contributed by atoms with Crippen LogP contribution in [-0.4, -0.2) is 29.3 Å². The van der Waals surface area contributed by atoms with Crippen LogP contribution in [0.5, 0.6) is 0 Å². The maximum Gasteiger partial charge on any atom is 0.175 e. The number of hydrogen-bond acceptors (Lipinski definition) is 4. The summed E-state index contributed by atoms with van der Waals surface area (Å²) in [6.45, 7) is 0. The average Bonchev–Trinajstić information content (AvgIpc) is 2.81. The van der Waals surface area contributed by atoms with E-state index in [2.05, 4.69) is 10.1 Å². The molecule has 0 fully saturated rings. The van der Waals surface area contributed by atoms with Gasteiger partial charge in [0.2, 0.25) is 0 Å². The Morgan fingerprint density at radius 3 is 2.40 bits per heavy atom. The Morgan fingerprint density at radius 1 is 1.10 bits per heavy atom. The Balaban J connectivity index is 0.00000147. The van der Waals surface area contributed by atoms with Crippen molar-refractivity contribution in [3.63, 3.8) is 0 Å². The second-order valence-electron chi connectivity index (χ2n) is 4.25. The van der Waals surface area contributed by atoms with Gasteiger partial charge >= 0.3 is 0 Å². The number of benzene rings is 1. The molecule has 0 aliphatic carbocycles. The molecule has 0 saturated carbocycles. The fourth-order valence-corrected chi connectivity index (χ4v) is 2.47. The molecule has 7 heteroatoms. The first-order chi connectivity index (χ1) is 9.04. The van der Waals surface area contributed by atoms with Gasteiger partial charge in [0, 0.05) is 18.0 Å². The molecule has 0 radical (unpaired) electrons. The summed E-state index contributed by atoms with van der Waals surface area (Å²) in [5.41, 5.74) is 2.38. The highest BCUT2D eigenvalue weighted by Gasteiger charge is 2.08. The van der Waals surface area contributed by atoms with Gasteiger partial charge in [-0.2, -0.15) is 5.10 Å². The van der Waals surface area contributed by atoms with E-state index in [4.69, 9.17) is 0 Å². The van der Waals surface area contributed by atoms with Crippen LogP contribution in [0.4, 0.5) is 0 Å². The van der Waals surface area contributed by atoms with E-state index < -0.39 is 9.84 Å².